The van der Waals surface area contributed by atoms with Crippen LogP contribution in [-0.2, 0) is 6.54 Å². The summed E-state index contributed by atoms with van der Waals surface area (Å²) in [5, 5.41) is 6.83. The smallest absolute Gasteiger partial charge is 0.250 e. The highest BCUT2D eigenvalue weighted by Crippen LogP contribution is 2.35. The first-order chi connectivity index (χ1) is 16.8. The number of aromatic nitrogens is 5. The Kier molecular flexibility index (Phi) is 5.61. The average Bonchev–Trinajstić information content (AvgIpc) is 3.43. The van der Waals surface area contributed by atoms with E-state index in [9.17, 15) is 13.6 Å². The number of aryl methyl sites for hydroxylation is 1. The van der Waals surface area contributed by atoms with Crippen LogP contribution < -0.4 is 11.1 Å². The lowest BCUT2D eigenvalue weighted by Crippen LogP contribution is -2.11. The highest BCUT2D eigenvalue weighted by Gasteiger charge is 2.20. The van der Waals surface area contributed by atoms with Crippen LogP contribution in [0.5, 0.6) is 0 Å². The van der Waals surface area contributed by atoms with Crippen LogP contribution in [0.2, 0.25) is 5.02 Å². The molecule has 0 atom stereocenters. The van der Waals surface area contributed by atoms with Gasteiger partial charge >= 0.3 is 0 Å². The molecule has 0 aliphatic heterocycles. The van der Waals surface area contributed by atoms with Crippen molar-refractivity contribution in [3.8, 4) is 22.5 Å². The van der Waals surface area contributed by atoms with Crippen LogP contribution in [0.3, 0.4) is 0 Å². The molecular formula is C23H16ClF2N7O2. The third-order valence-corrected chi connectivity index (χ3v) is 5.45. The van der Waals surface area contributed by atoms with Crippen molar-refractivity contribution in [2.24, 2.45) is 5.73 Å². The van der Waals surface area contributed by atoms with Gasteiger partial charge in [-0.05, 0) is 35.9 Å². The normalized spacial score (nSPS) is 11.2. The van der Waals surface area contributed by atoms with Gasteiger partial charge in [0.1, 0.15) is 17.2 Å². The molecule has 0 aliphatic rings. The zero-order chi connectivity index (χ0) is 24.7. The number of pyridine rings is 1. The Morgan fingerprint density at radius 3 is 2.74 bits per heavy atom. The number of halogens is 3. The molecule has 0 aliphatic carbocycles. The third kappa shape index (κ3) is 4.28. The molecule has 0 bridgehead atoms. The Balaban J connectivity index is 1.44. The second-order valence-electron chi connectivity index (χ2n) is 7.60. The number of aromatic amines is 1. The number of nitrogens with two attached hydrogens (primary N) is 1. The average molecular weight is 496 g/mol. The van der Waals surface area contributed by atoms with Crippen molar-refractivity contribution < 1.29 is 18.1 Å². The molecule has 5 aromatic rings. The van der Waals surface area contributed by atoms with Crippen LogP contribution in [0.15, 0.2) is 47.1 Å². The van der Waals surface area contributed by atoms with Crippen molar-refractivity contribution in [1.82, 2.24) is 25.1 Å². The molecule has 0 saturated heterocycles. The van der Waals surface area contributed by atoms with E-state index in [2.05, 4.69) is 30.4 Å². The van der Waals surface area contributed by atoms with Crippen LogP contribution in [0.4, 0.5) is 14.7 Å². The summed E-state index contributed by atoms with van der Waals surface area (Å²) in [5.74, 6) is -1.35. The fourth-order valence-corrected chi connectivity index (χ4v) is 3.86. The van der Waals surface area contributed by atoms with Crippen molar-refractivity contribution in [1.29, 1.82) is 0 Å². The number of rotatable bonds is 6. The highest BCUT2D eigenvalue weighted by molar-refractivity contribution is 6.31. The lowest BCUT2D eigenvalue weighted by molar-refractivity contribution is 0.100. The van der Waals surface area contributed by atoms with Crippen molar-refractivity contribution in [2.75, 3.05) is 5.32 Å². The van der Waals surface area contributed by atoms with Crippen molar-refractivity contribution in [3.63, 3.8) is 0 Å². The van der Waals surface area contributed by atoms with E-state index in [1.54, 1.807) is 25.1 Å². The first kappa shape index (κ1) is 22.4. The van der Waals surface area contributed by atoms with Crippen LogP contribution in [-0.4, -0.2) is 31.0 Å². The Bertz CT molecular complexity index is 1600. The van der Waals surface area contributed by atoms with Gasteiger partial charge in [-0.1, -0.05) is 22.8 Å². The van der Waals surface area contributed by atoms with E-state index in [-0.39, 0.29) is 51.2 Å². The zero-order valence-corrected chi connectivity index (χ0v) is 18.8. The van der Waals surface area contributed by atoms with Gasteiger partial charge in [0.2, 0.25) is 17.7 Å². The van der Waals surface area contributed by atoms with Crippen LogP contribution >= 0.6 is 11.6 Å². The number of carbonyl (C=O) groups excluding carboxylic acids is 1. The topological polar surface area (TPSA) is 136 Å². The number of H-pyrrole nitrogens is 1. The number of anilines is 1. The molecule has 0 unspecified atom stereocenters. The standard InChI is InChI=1S/C23H16ClF2N7O2/c1-10-30-22(33-35-10)19-14(6-12(24)7-16(19)26)11-5-15(25)18(28-8-11)9-29-23-31-17-4-2-3-13(21(27)34)20(17)32-23/h2-8H,9H2,1H3,(H2,27,34)(H2,29,31,32). The number of primary amides is 1. The van der Waals surface area contributed by atoms with Crippen LogP contribution in [0.25, 0.3) is 33.5 Å². The number of hydrogen-bond donors (Lipinski definition) is 3. The minimum atomic E-state index is -0.681. The highest BCUT2D eigenvalue weighted by atomic mass is 35.5. The summed E-state index contributed by atoms with van der Waals surface area (Å²) < 4.78 is 34.7. The molecule has 4 N–H and O–H groups in total. The lowest BCUT2D eigenvalue weighted by Gasteiger charge is -2.11. The summed E-state index contributed by atoms with van der Waals surface area (Å²) in [5.41, 5.74) is 7.30. The molecule has 0 radical (unpaired) electrons. The van der Waals surface area contributed by atoms with Gasteiger partial charge in [0.25, 0.3) is 5.91 Å². The largest absolute Gasteiger partial charge is 0.366 e. The minimum absolute atomic E-state index is 0.0121. The van der Waals surface area contributed by atoms with Gasteiger partial charge in [-0.2, -0.15) is 4.98 Å². The SMILES string of the molecule is Cc1nc(-c2c(F)cc(Cl)cc2-c2cnc(CNc3nc4c(C(N)=O)cccc4[nH]3)c(F)c2)no1. The van der Waals surface area contributed by atoms with Gasteiger partial charge < -0.3 is 20.6 Å². The van der Waals surface area contributed by atoms with E-state index in [1.165, 1.54) is 18.3 Å². The van der Waals surface area contributed by atoms with E-state index in [4.69, 9.17) is 21.9 Å². The second-order valence-corrected chi connectivity index (χ2v) is 8.04. The maximum absolute atomic E-state index is 15.0. The van der Waals surface area contributed by atoms with E-state index in [1.807, 2.05) is 0 Å². The minimum Gasteiger partial charge on any atom is -0.366 e. The molecule has 0 saturated carbocycles. The van der Waals surface area contributed by atoms with Crippen molar-refractivity contribution in [2.45, 2.75) is 13.5 Å². The molecule has 35 heavy (non-hydrogen) atoms. The predicted molar refractivity (Wildman–Crippen MR) is 125 cm³/mol. The summed E-state index contributed by atoms with van der Waals surface area (Å²) in [4.78, 5) is 27.2. The molecule has 3 aromatic heterocycles. The van der Waals surface area contributed by atoms with E-state index < -0.39 is 17.5 Å². The summed E-state index contributed by atoms with van der Waals surface area (Å²) >= 11 is 6.05. The first-order valence-electron chi connectivity index (χ1n) is 10.3. The summed E-state index contributed by atoms with van der Waals surface area (Å²) in [6.07, 6.45) is 1.39. The number of imidazole rings is 1. The third-order valence-electron chi connectivity index (χ3n) is 5.24. The Labute approximate surface area is 201 Å². The van der Waals surface area contributed by atoms with E-state index >= 15 is 0 Å². The molecule has 3 heterocycles. The summed E-state index contributed by atoms with van der Waals surface area (Å²) in [6.45, 7) is 1.56. The number of amides is 1. The van der Waals surface area contributed by atoms with E-state index in [0.29, 0.717) is 17.0 Å². The second kappa shape index (κ2) is 8.76. The molecular weight excluding hydrogens is 480 g/mol. The van der Waals surface area contributed by atoms with Gasteiger partial charge in [0, 0.05) is 23.7 Å². The Morgan fingerprint density at radius 1 is 1.20 bits per heavy atom. The molecule has 5 rings (SSSR count). The molecule has 176 valence electrons. The molecule has 0 fully saturated rings. The molecule has 12 heteroatoms. The maximum atomic E-state index is 15.0. The van der Waals surface area contributed by atoms with Gasteiger partial charge in [0.05, 0.1) is 28.9 Å². The van der Waals surface area contributed by atoms with Gasteiger partial charge in [-0.15, -0.1) is 0 Å². The molecule has 1 amide bonds. The number of benzene rings is 2. The fourth-order valence-electron chi connectivity index (χ4n) is 3.66. The van der Waals surface area contributed by atoms with E-state index in [0.717, 1.165) is 6.07 Å². The molecule has 2 aromatic carbocycles. The molecule has 9 nitrogen and oxygen atoms in total. The number of carbonyl (C=O) groups is 1. The van der Waals surface area contributed by atoms with Gasteiger partial charge in [0.15, 0.2) is 0 Å². The van der Waals surface area contributed by atoms with Gasteiger partial charge in [-0.3, -0.25) is 9.78 Å². The molecule has 0 spiro atoms. The quantitative estimate of drug-likeness (QED) is 0.312. The maximum Gasteiger partial charge on any atom is 0.250 e. The fraction of sp³-hybridized carbons (Fsp3) is 0.0870. The number of nitrogens with one attached hydrogen (secondary N) is 2. The van der Waals surface area contributed by atoms with Crippen LogP contribution in [0, 0.1) is 18.6 Å². The van der Waals surface area contributed by atoms with Crippen molar-refractivity contribution in [3.05, 3.63) is 76.4 Å². The number of hydrogen-bond acceptors (Lipinski definition) is 7. The Morgan fingerprint density at radius 2 is 2.03 bits per heavy atom. The number of nitrogens with zero attached hydrogens (tertiary/aromatic N) is 4. The summed E-state index contributed by atoms with van der Waals surface area (Å²) in [7, 11) is 0. The monoisotopic (exact) mass is 495 g/mol. The lowest BCUT2D eigenvalue weighted by atomic mass is 9.99. The van der Waals surface area contributed by atoms with Crippen molar-refractivity contribution >= 4 is 34.5 Å². The zero-order valence-electron chi connectivity index (χ0n) is 18.1. The van der Waals surface area contributed by atoms with Gasteiger partial charge in [-0.25, -0.2) is 13.8 Å². The summed E-state index contributed by atoms with van der Waals surface area (Å²) in [6, 6.07) is 8.79. The number of fused-ring (bicyclic) bond motifs is 1. The Hall–Kier alpha value is -4.38. The first-order valence-corrected chi connectivity index (χ1v) is 10.6. The number of para-hydroxylation sites is 1. The predicted octanol–water partition coefficient (Wildman–Crippen LogP) is 4.63. The van der Waals surface area contributed by atoms with Crippen LogP contribution in [0.1, 0.15) is 21.9 Å².